The van der Waals surface area contributed by atoms with E-state index in [0.29, 0.717) is 25.5 Å². The van der Waals surface area contributed by atoms with Crippen LogP contribution in [0.5, 0.6) is 11.5 Å². The Balaban J connectivity index is 1.76. The van der Waals surface area contributed by atoms with Gasteiger partial charge in [-0.05, 0) is 44.5 Å². The number of rotatable bonds is 10. The van der Waals surface area contributed by atoms with E-state index in [0.717, 1.165) is 50.4 Å². The third-order valence-electron chi connectivity index (χ3n) is 3.96. The average molecular weight is 336 g/mol. The number of anilines is 1. The number of nitrogens with zero attached hydrogens (tertiary/aromatic N) is 1. The number of unbranched alkanes of at least 4 members (excludes halogenated alkanes) is 2. The lowest BCUT2D eigenvalue weighted by atomic mass is 10.2. The highest BCUT2D eigenvalue weighted by Crippen LogP contribution is 2.32. The Kier molecular flexibility index (Phi) is 7.85. The Hall–Kier alpha value is -1.79. The zero-order valence-corrected chi connectivity index (χ0v) is 14.7. The first kappa shape index (κ1) is 18.5. The molecule has 6 heteroatoms. The quantitative estimate of drug-likeness (QED) is 0.665. The monoisotopic (exact) mass is 336 g/mol. The van der Waals surface area contributed by atoms with Crippen LogP contribution in [0.2, 0.25) is 0 Å². The highest BCUT2D eigenvalue weighted by atomic mass is 16.6. The Labute approximate surface area is 144 Å². The van der Waals surface area contributed by atoms with E-state index in [9.17, 15) is 4.79 Å². The lowest BCUT2D eigenvalue weighted by Gasteiger charge is -2.21. The fourth-order valence-corrected chi connectivity index (χ4v) is 2.63. The predicted molar refractivity (Wildman–Crippen MR) is 93.9 cm³/mol. The summed E-state index contributed by atoms with van der Waals surface area (Å²) in [5, 5.41) is 2.93. The summed E-state index contributed by atoms with van der Waals surface area (Å²) >= 11 is 0. The van der Waals surface area contributed by atoms with Gasteiger partial charge >= 0.3 is 0 Å². The third-order valence-corrected chi connectivity index (χ3v) is 3.96. The van der Waals surface area contributed by atoms with Gasteiger partial charge in [0, 0.05) is 25.5 Å². The summed E-state index contributed by atoms with van der Waals surface area (Å²) < 4.78 is 16.1. The van der Waals surface area contributed by atoms with Crippen LogP contribution in [0.15, 0.2) is 18.2 Å². The lowest BCUT2D eigenvalue weighted by Crippen LogP contribution is -2.34. The molecule has 0 saturated heterocycles. The number of hydrogen-bond acceptors (Lipinski definition) is 5. The van der Waals surface area contributed by atoms with Crippen LogP contribution in [0.4, 0.5) is 5.69 Å². The van der Waals surface area contributed by atoms with E-state index in [2.05, 4.69) is 17.1 Å². The highest BCUT2D eigenvalue weighted by Gasteiger charge is 2.14. The topological polar surface area (TPSA) is 60.0 Å². The number of carbonyl (C=O) groups is 1. The fourth-order valence-electron chi connectivity index (χ4n) is 2.63. The third kappa shape index (κ3) is 6.02. The molecule has 24 heavy (non-hydrogen) atoms. The zero-order valence-electron chi connectivity index (χ0n) is 14.7. The summed E-state index contributed by atoms with van der Waals surface area (Å²) in [6, 6.07) is 5.48. The molecule has 1 aromatic carbocycles. The number of fused-ring (bicyclic) bond motifs is 1. The Morgan fingerprint density at radius 3 is 2.75 bits per heavy atom. The summed E-state index contributed by atoms with van der Waals surface area (Å²) in [6.07, 6.45) is 3.26. The van der Waals surface area contributed by atoms with Crippen LogP contribution in [0.1, 0.15) is 26.2 Å². The van der Waals surface area contributed by atoms with E-state index in [1.54, 1.807) is 7.11 Å². The zero-order chi connectivity index (χ0) is 17.2. The van der Waals surface area contributed by atoms with E-state index in [1.165, 1.54) is 0 Å². The maximum atomic E-state index is 12.2. The van der Waals surface area contributed by atoms with Gasteiger partial charge < -0.3 is 19.5 Å². The highest BCUT2D eigenvalue weighted by molar-refractivity contribution is 5.92. The van der Waals surface area contributed by atoms with Crippen LogP contribution in [0.3, 0.4) is 0 Å². The van der Waals surface area contributed by atoms with Crippen molar-refractivity contribution in [3.05, 3.63) is 18.2 Å². The average Bonchev–Trinajstić information content (AvgIpc) is 2.60. The Bertz CT molecular complexity index is 522. The second kappa shape index (κ2) is 10.2. The fraction of sp³-hybridized carbons (Fsp3) is 0.611. The van der Waals surface area contributed by atoms with Gasteiger partial charge in [-0.15, -0.1) is 0 Å². The maximum Gasteiger partial charge on any atom is 0.238 e. The minimum Gasteiger partial charge on any atom is -0.486 e. The van der Waals surface area contributed by atoms with E-state index >= 15 is 0 Å². The molecule has 0 aromatic heterocycles. The molecule has 0 unspecified atom stereocenters. The number of benzene rings is 1. The van der Waals surface area contributed by atoms with Crippen LogP contribution in [-0.4, -0.2) is 57.4 Å². The van der Waals surface area contributed by atoms with Crippen LogP contribution in [0.25, 0.3) is 0 Å². The van der Waals surface area contributed by atoms with Gasteiger partial charge in [0.25, 0.3) is 0 Å². The molecule has 0 aliphatic carbocycles. The first-order valence-corrected chi connectivity index (χ1v) is 8.63. The molecule has 1 aliphatic rings. The summed E-state index contributed by atoms with van der Waals surface area (Å²) in [4.78, 5) is 14.4. The molecule has 0 bridgehead atoms. The molecular formula is C18H28N2O4. The molecule has 0 radical (unpaired) electrons. The summed E-state index contributed by atoms with van der Waals surface area (Å²) in [7, 11) is 1.72. The number of methoxy groups -OCH3 is 1. The van der Waals surface area contributed by atoms with Gasteiger partial charge in [-0.3, -0.25) is 9.69 Å². The summed E-state index contributed by atoms with van der Waals surface area (Å²) in [5.41, 5.74) is 0.736. The molecule has 1 amide bonds. The molecular weight excluding hydrogens is 308 g/mol. The van der Waals surface area contributed by atoms with Gasteiger partial charge in [-0.25, -0.2) is 0 Å². The van der Waals surface area contributed by atoms with Crippen LogP contribution in [0, 0.1) is 0 Å². The van der Waals surface area contributed by atoms with E-state index in [-0.39, 0.29) is 5.91 Å². The molecule has 0 saturated carbocycles. The van der Waals surface area contributed by atoms with Gasteiger partial charge in [-0.1, -0.05) is 6.92 Å². The number of ether oxygens (including phenoxy) is 3. The van der Waals surface area contributed by atoms with Gasteiger partial charge in [0.2, 0.25) is 5.91 Å². The normalized spacial score (nSPS) is 13.1. The second-order valence-corrected chi connectivity index (χ2v) is 5.83. The summed E-state index contributed by atoms with van der Waals surface area (Å²) in [5.74, 6) is 1.40. The Morgan fingerprint density at radius 1 is 1.21 bits per heavy atom. The van der Waals surface area contributed by atoms with Crippen molar-refractivity contribution < 1.29 is 19.0 Å². The number of carbonyl (C=O) groups excluding carboxylic acids is 1. The molecule has 0 fully saturated rings. The van der Waals surface area contributed by atoms with Crippen molar-refractivity contribution in [2.45, 2.75) is 26.2 Å². The van der Waals surface area contributed by atoms with Crippen LogP contribution >= 0.6 is 0 Å². The first-order chi connectivity index (χ1) is 11.7. The first-order valence-electron chi connectivity index (χ1n) is 8.63. The summed E-state index contributed by atoms with van der Waals surface area (Å²) in [6.45, 7) is 6.16. The second-order valence-electron chi connectivity index (χ2n) is 5.83. The van der Waals surface area contributed by atoms with Crippen molar-refractivity contribution in [3.63, 3.8) is 0 Å². The number of amides is 1. The molecule has 134 valence electrons. The van der Waals surface area contributed by atoms with E-state index < -0.39 is 0 Å². The SMILES string of the molecule is CCN(CCCCCOC)CC(=O)Nc1ccc2c(c1)OCCO2. The molecule has 2 rings (SSSR count). The standard InChI is InChI=1S/C18H28N2O4/c1-3-20(9-5-4-6-10-22-2)14-18(21)19-15-7-8-16-17(13-15)24-12-11-23-16/h7-8,13H,3-6,9-12,14H2,1-2H3,(H,19,21). The lowest BCUT2D eigenvalue weighted by molar-refractivity contribution is -0.117. The predicted octanol–water partition coefficient (Wildman–Crippen LogP) is 2.53. The largest absolute Gasteiger partial charge is 0.486 e. The van der Waals surface area contributed by atoms with Crippen molar-refractivity contribution in [2.24, 2.45) is 0 Å². The molecule has 1 heterocycles. The van der Waals surface area contributed by atoms with Gasteiger partial charge in [-0.2, -0.15) is 0 Å². The van der Waals surface area contributed by atoms with Gasteiger partial charge in [0.15, 0.2) is 11.5 Å². The van der Waals surface area contributed by atoms with Crippen molar-refractivity contribution in [3.8, 4) is 11.5 Å². The van der Waals surface area contributed by atoms with Gasteiger partial charge in [0.05, 0.1) is 6.54 Å². The molecule has 0 spiro atoms. The van der Waals surface area contributed by atoms with Crippen molar-refractivity contribution >= 4 is 11.6 Å². The molecule has 1 aromatic rings. The molecule has 1 aliphatic heterocycles. The Morgan fingerprint density at radius 2 is 2.00 bits per heavy atom. The number of nitrogens with one attached hydrogen (secondary N) is 1. The molecule has 0 atom stereocenters. The molecule has 6 nitrogen and oxygen atoms in total. The smallest absolute Gasteiger partial charge is 0.238 e. The number of hydrogen-bond donors (Lipinski definition) is 1. The molecule has 1 N–H and O–H groups in total. The number of likely N-dealkylation sites (N-methyl/N-ethyl adjacent to an activating group) is 1. The maximum absolute atomic E-state index is 12.2. The van der Waals surface area contributed by atoms with Crippen molar-refractivity contribution in [1.29, 1.82) is 0 Å². The van der Waals surface area contributed by atoms with Crippen molar-refractivity contribution in [1.82, 2.24) is 4.90 Å². The van der Waals surface area contributed by atoms with E-state index in [1.807, 2.05) is 18.2 Å². The van der Waals surface area contributed by atoms with E-state index in [4.69, 9.17) is 14.2 Å². The minimum absolute atomic E-state index is 0.00887. The van der Waals surface area contributed by atoms with Crippen LogP contribution in [-0.2, 0) is 9.53 Å². The van der Waals surface area contributed by atoms with Gasteiger partial charge in [0.1, 0.15) is 13.2 Å². The van der Waals surface area contributed by atoms with Crippen LogP contribution < -0.4 is 14.8 Å². The minimum atomic E-state index is -0.00887. The van der Waals surface area contributed by atoms with Crippen molar-refractivity contribution in [2.75, 3.05) is 51.9 Å².